The van der Waals surface area contributed by atoms with Crippen molar-refractivity contribution in [3.8, 4) is 0 Å². The van der Waals surface area contributed by atoms with Crippen molar-refractivity contribution in [3.05, 3.63) is 29.5 Å². The minimum atomic E-state index is -4.58. The highest BCUT2D eigenvalue weighted by Gasteiger charge is 2.52. The average Bonchev–Trinajstić information content (AvgIpc) is 3.01. The molecule has 1 saturated heterocycles. The van der Waals surface area contributed by atoms with Gasteiger partial charge in [0.25, 0.3) is 0 Å². The smallest absolute Gasteiger partial charge is 0.465 e. The zero-order valence-corrected chi connectivity index (χ0v) is 15.2. The fourth-order valence-electron chi connectivity index (χ4n) is 2.80. The van der Waals surface area contributed by atoms with Gasteiger partial charge in [0.2, 0.25) is 0 Å². The van der Waals surface area contributed by atoms with Crippen molar-refractivity contribution in [1.29, 1.82) is 0 Å². The molecule has 2 aromatic rings. The molecule has 1 aromatic carbocycles. The summed E-state index contributed by atoms with van der Waals surface area (Å²) in [4.78, 5) is 10.7. The average molecular weight is 385 g/mol. The molecule has 1 aliphatic rings. The molecule has 2 heterocycles. The summed E-state index contributed by atoms with van der Waals surface area (Å²) in [5, 5.41) is 11.2. The third-order valence-electron chi connectivity index (χ3n) is 4.97. The fourth-order valence-corrected chi connectivity index (χ4v) is 2.80. The summed E-state index contributed by atoms with van der Waals surface area (Å²) < 4.78 is 57.2. The lowest BCUT2D eigenvalue weighted by Crippen LogP contribution is -2.41. The predicted octanol–water partition coefficient (Wildman–Crippen LogP) is 3.52. The lowest BCUT2D eigenvalue weighted by atomic mass is 9.76. The van der Waals surface area contributed by atoms with E-state index in [2.05, 4.69) is 5.32 Å². The Hall–Kier alpha value is -2.20. The summed E-state index contributed by atoms with van der Waals surface area (Å²) in [6.45, 7) is 7.03. The highest BCUT2D eigenvalue weighted by molar-refractivity contribution is 6.65. The van der Waals surface area contributed by atoms with Crippen molar-refractivity contribution in [1.82, 2.24) is 5.32 Å². The van der Waals surface area contributed by atoms with Crippen molar-refractivity contribution < 1.29 is 36.8 Å². The number of nitrogens with one attached hydrogen (secondary N) is 1. The van der Waals surface area contributed by atoms with E-state index in [0.29, 0.717) is 5.39 Å². The van der Waals surface area contributed by atoms with Crippen LogP contribution < -0.4 is 10.8 Å². The van der Waals surface area contributed by atoms with Gasteiger partial charge in [0, 0.05) is 5.39 Å². The van der Waals surface area contributed by atoms with E-state index in [1.807, 2.05) is 0 Å². The Bertz CT molecular complexity index is 875. The van der Waals surface area contributed by atoms with Crippen LogP contribution in [-0.4, -0.2) is 29.5 Å². The van der Waals surface area contributed by atoms with Crippen LogP contribution in [0.3, 0.4) is 0 Å². The summed E-state index contributed by atoms with van der Waals surface area (Å²) in [7, 11) is -1.02. The van der Waals surface area contributed by atoms with E-state index in [1.54, 1.807) is 27.7 Å². The van der Waals surface area contributed by atoms with Crippen LogP contribution >= 0.6 is 0 Å². The normalized spacial score (nSPS) is 18.9. The van der Waals surface area contributed by atoms with E-state index in [-0.39, 0.29) is 23.4 Å². The van der Waals surface area contributed by atoms with E-state index in [0.717, 1.165) is 12.1 Å². The van der Waals surface area contributed by atoms with Crippen molar-refractivity contribution in [2.24, 2.45) is 0 Å². The van der Waals surface area contributed by atoms with Gasteiger partial charge in [0.15, 0.2) is 0 Å². The monoisotopic (exact) mass is 385 g/mol. The fraction of sp³-hybridized carbons (Fsp3) is 0.471. The maximum absolute atomic E-state index is 13.3. The second-order valence-electron chi connectivity index (χ2n) is 7.43. The van der Waals surface area contributed by atoms with Crippen molar-refractivity contribution in [2.75, 3.05) is 0 Å². The number of fused-ring (bicyclic) bond motifs is 1. The number of furan rings is 1. The van der Waals surface area contributed by atoms with Crippen LogP contribution in [0.5, 0.6) is 0 Å². The van der Waals surface area contributed by atoms with Gasteiger partial charge in [-0.3, -0.25) is 0 Å². The molecule has 0 atom stereocenters. The maximum Gasteiger partial charge on any atom is 0.495 e. The molecule has 27 heavy (non-hydrogen) atoms. The minimum absolute atomic E-state index is 0.0169. The molecule has 1 fully saturated rings. The quantitative estimate of drug-likeness (QED) is 0.791. The second kappa shape index (κ2) is 6.17. The molecule has 10 heteroatoms. The number of benzene rings is 1. The van der Waals surface area contributed by atoms with E-state index >= 15 is 0 Å². The number of hydrogen-bond donors (Lipinski definition) is 2. The van der Waals surface area contributed by atoms with E-state index in [1.165, 1.54) is 6.07 Å². The number of halogens is 3. The molecule has 3 rings (SSSR count). The van der Waals surface area contributed by atoms with Gasteiger partial charge in [0.05, 0.1) is 23.3 Å². The minimum Gasteiger partial charge on any atom is -0.465 e. The molecule has 0 aliphatic carbocycles. The molecule has 0 saturated carbocycles. The molecule has 1 aliphatic heterocycles. The SMILES string of the molecule is CC1(C)OB(c2cc(C(F)(F)F)cc3oc(CNC(=O)O)cc23)OC1(C)C. The molecule has 0 radical (unpaired) electrons. The zero-order chi connectivity index (χ0) is 20.2. The van der Waals surface area contributed by atoms with Gasteiger partial charge in [0.1, 0.15) is 11.3 Å². The van der Waals surface area contributed by atoms with Gasteiger partial charge in [-0.05, 0) is 51.4 Å². The molecule has 0 spiro atoms. The van der Waals surface area contributed by atoms with E-state index in [9.17, 15) is 18.0 Å². The summed E-state index contributed by atoms with van der Waals surface area (Å²) in [6, 6.07) is 3.36. The summed E-state index contributed by atoms with van der Waals surface area (Å²) in [6.07, 6.45) is -5.85. The van der Waals surface area contributed by atoms with Crippen LogP contribution in [0.25, 0.3) is 11.0 Å². The number of carboxylic acid groups (broad SMARTS) is 1. The first kappa shape index (κ1) is 19.6. The Morgan fingerprint density at radius 3 is 2.26 bits per heavy atom. The molecule has 1 aromatic heterocycles. The van der Waals surface area contributed by atoms with Crippen LogP contribution in [-0.2, 0) is 22.0 Å². The van der Waals surface area contributed by atoms with Gasteiger partial charge in [-0.1, -0.05) is 0 Å². The van der Waals surface area contributed by atoms with Crippen LogP contribution in [0.15, 0.2) is 22.6 Å². The Morgan fingerprint density at radius 1 is 1.15 bits per heavy atom. The standard InChI is InChI=1S/C17H19BF3NO5/c1-15(2)16(3,4)27-18(26-15)12-5-9(17(19,20)21)6-13-11(12)7-10(25-13)8-22-14(23)24/h5-7,22H,8H2,1-4H3,(H,23,24). The Balaban J connectivity index is 2.10. The first-order valence-electron chi connectivity index (χ1n) is 8.26. The molecule has 6 nitrogen and oxygen atoms in total. The second-order valence-corrected chi connectivity index (χ2v) is 7.43. The molecular formula is C17H19BF3NO5. The molecule has 0 bridgehead atoms. The summed E-state index contributed by atoms with van der Waals surface area (Å²) in [5.74, 6) is 0.185. The van der Waals surface area contributed by atoms with Gasteiger partial charge in [-0.25, -0.2) is 4.79 Å². The van der Waals surface area contributed by atoms with Gasteiger partial charge < -0.3 is 24.1 Å². The lowest BCUT2D eigenvalue weighted by molar-refractivity contribution is -0.137. The van der Waals surface area contributed by atoms with Crippen molar-refractivity contribution in [2.45, 2.75) is 51.6 Å². The number of rotatable bonds is 3. The van der Waals surface area contributed by atoms with E-state index < -0.39 is 36.2 Å². The largest absolute Gasteiger partial charge is 0.495 e. The van der Waals surface area contributed by atoms with Crippen molar-refractivity contribution >= 4 is 29.6 Å². The zero-order valence-electron chi connectivity index (χ0n) is 15.2. The molecular weight excluding hydrogens is 366 g/mol. The lowest BCUT2D eigenvalue weighted by Gasteiger charge is -2.32. The number of amides is 1. The van der Waals surface area contributed by atoms with Crippen LogP contribution in [0.1, 0.15) is 39.0 Å². The number of hydrogen-bond acceptors (Lipinski definition) is 4. The number of carbonyl (C=O) groups is 1. The molecule has 146 valence electrons. The topological polar surface area (TPSA) is 80.9 Å². The number of alkyl halides is 3. The molecule has 1 amide bonds. The third-order valence-corrected chi connectivity index (χ3v) is 4.97. The molecule has 2 N–H and O–H groups in total. The van der Waals surface area contributed by atoms with Gasteiger partial charge >= 0.3 is 19.4 Å². The first-order chi connectivity index (χ1) is 12.3. The molecule has 0 unspecified atom stereocenters. The highest BCUT2D eigenvalue weighted by atomic mass is 19.4. The first-order valence-corrected chi connectivity index (χ1v) is 8.26. The Morgan fingerprint density at radius 2 is 1.74 bits per heavy atom. The summed E-state index contributed by atoms with van der Waals surface area (Å²) >= 11 is 0. The van der Waals surface area contributed by atoms with E-state index in [4.69, 9.17) is 18.8 Å². The van der Waals surface area contributed by atoms with Crippen LogP contribution in [0.2, 0.25) is 0 Å². The van der Waals surface area contributed by atoms with Gasteiger partial charge in [-0.2, -0.15) is 13.2 Å². The third kappa shape index (κ3) is 3.63. The predicted molar refractivity (Wildman–Crippen MR) is 91.8 cm³/mol. The van der Waals surface area contributed by atoms with Crippen LogP contribution in [0, 0.1) is 0 Å². The Kier molecular flexibility index (Phi) is 4.47. The van der Waals surface area contributed by atoms with Crippen LogP contribution in [0.4, 0.5) is 18.0 Å². The highest BCUT2D eigenvalue weighted by Crippen LogP contribution is 2.38. The van der Waals surface area contributed by atoms with Gasteiger partial charge in [-0.15, -0.1) is 0 Å². The Labute approximate surface area is 153 Å². The maximum atomic E-state index is 13.3. The summed E-state index contributed by atoms with van der Waals surface area (Å²) in [5.41, 5.74) is -2.18. The van der Waals surface area contributed by atoms with Crippen molar-refractivity contribution in [3.63, 3.8) is 0 Å².